The quantitative estimate of drug-likeness (QED) is 0.711. The van der Waals surface area contributed by atoms with Crippen molar-refractivity contribution in [1.29, 1.82) is 5.26 Å². The molecule has 1 aliphatic rings. The number of nitrogens with zero attached hydrogens (tertiary/aromatic N) is 3. The molecule has 0 N–H and O–H groups in total. The molecule has 4 nitrogen and oxygen atoms in total. The first-order valence-electron chi connectivity index (χ1n) is 5.34. The SMILES string of the molecule is Cc1ccnc(N2CCC(=O)CC2)c1C#N. The molecule has 1 fully saturated rings. The number of aromatic nitrogens is 1. The van der Waals surface area contributed by atoms with Gasteiger partial charge in [0.1, 0.15) is 17.7 Å². The number of rotatable bonds is 1. The van der Waals surface area contributed by atoms with Crippen LogP contribution < -0.4 is 4.90 Å². The highest BCUT2D eigenvalue weighted by atomic mass is 16.1. The molecule has 1 aromatic heterocycles. The zero-order valence-electron chi connectivity index (χ0n) is 9.23. The summed E-state index contributed by atoms with van der Waals surface area (Å²) in [6.07, 6.45) is 2.82. The molecular weight excluding hydrogens is 202 g/mol. The van der Waals surface area contributed by atoms with Gasteiger partial charge in [-0.3, -0.25) is 4.79 Å². The fourth-order valence-electron chi connectivity index (χ4n) is 1.89. The van der Waals surface area contributed by atoms with Crippen molar-refractivity contribution in [2.24, 2.45) is 0 Å². The van der Waals surface area contributed by atoms with Crippen LogP contribution in [0.2, 0.25) is 0 Å². The molecule has 0 saturated carbocycles. The van der Waals surface area contributed by atoms with E-state index in [1.807, 2.05) is 17.9 Å². The average molecular weight is 215 g/mol. The molecule has 82 valence electrons. The first-order chi connectivity index (χ1) is 7.72. The van der Waals surface area contributed by atoms with Gasteiger partial charge in [0.05, 0.1) is 5.56 Å². The average Bonchev–Trinajstić information content (AvgIpc) is 2.30. The Labute approximate surface area is 94.5 Å². The number of hydrogen-bond acceptors (Lipinski definition) is 4. The van der Waals surface area contributed by atoms with Crippen LogP contribution in [0, 0.1) is 18.3 Å². The predicted molar refractivity (Wildman–Crippen MR) is 60.1 cm³/mol. The summed E-state index contributed by atoms with van der Waals surface area (Å²) in [6.45, 7) is 3.24. The number of ketones is 1. The third-order valence-corrected chi connectivity index (χ3v) is 2.87. The van der Waals surface area contributed by atoms with Gasteiger partial charge in [-0.15, -0.1) is 0 Å². The molecule has 16 heavy (non-hydrogen) atoms. The highest BCUT2D eigenvalue weighted by molar-refractivity contribution is 5.81. The molecule has 2 rings (SSSR count). The number of piperidine rings is 1. The second kappa shape index (κ2) is 4.31. The fourth-order valence-corrected chi connectivity index (χ4v) is 1.89. The predicted octanol–water partition coefficient (Wildman–Crippen LogP) is 1.43. The van der Waals surface area contributed by atoms with E-state index in [1.165, 1.54) is 0 Å². The summed E-state index contributed by atoms with van der Waals surface area (Å²) in [5, 5.41) is 9.10. The van der Waals surface area contributed by atoms with Crippen LogP contribution in [0.25, 0.3) is 0 Å². The monoisotopic (exact) mass is 215 g/mol. The van der Waals surface area contributed by atoms with Crippen molar-refractivity contribution in [3.63, 3.8) is 0 Å². The topological polar surface area (TPSA) is 57.0 Å². The minimum Gasteiger partial charge on any atom is -0.355 e. The molecule has 0 spiro atoms. The Morgan fingerprint density at radius 1 is 1.44 bits per heavy atom. The summed E-state index contributed by atoms with van der Waals surface area (Å²) in [4.78, 5) is 17.4. The van der Waals surface area contributed by atoms with Crippen molar-refractivity contribution >= 4 is 11.6 Å². The minimum atomic E-state index is 0.294. The van der Waals surface area contributed by atoms with Crippen molar-refractivity contribution in [2.75, 3.05) is 18.0 Å². The number of carbonyl (C=O) groups is 1. The first kappa shape index (κ1) is 10.6. The Balaban J connectivity index is 2.31. The zero-order valence-corrected chi connectivity index (χ0v) is 9.23. The molecule has 0 bridgehead atoms. The second-order valence-corrected chi connectivity index (χ2v) is 3.96. The van der Waals surface area contributed by atoms with Gasteiger partial charge in [0.2, 0.25) is 0 Å². The van der Waals surface area contributed by atoms with Gasteiger partial charge in [-0.1, -0.05) is 0 Å². The van der Waals surface area contributed by atoms with Crippen molar-refractivity contribution in [3.8, 4) is 6.07 Å². The molecule has 0 amide bonds. The smallest absolute Gasteiger partial charge is 0.146 e. The largest absolute Gasteiger partial charge is 0.355 e. The number of anilines is 1. The van der Waals surface area contributed by atoms with E-state index >= 15 is 0 Å². The third-order valence-electron chi connectivity index (χ3n) is 2.87. The third kappa shape index (κ3) is 1.89. The van der Waals surface area contributed by atoms with Gasteiger partial charge in [0.25, 0.3) is 0 Å². The summed E-state index contributed by atoms with van der Waals surface area (Å²) in [5.74, 6) is 1.01. The number of nitriles is 1. The van der Waals surface area contributed by atoms with E-state index in [2.05, 4.69) is 11.1 Å². The molecule has 4 heteroatoms. The standard InChI is InChI=1S/C12H13N3O/c1-9-2-5-14-12(11(9)8-13)15-6-3-10(16)4-7-15/h2,5H,3-4,6-7H2,1H3. The Kier molecular flexibility index (Phi) is 2.86. The Morgan fingerprint density at radius 2 is 2.12 bits per heavy atom. The fraction of sp³-hybridized carbons (Fsp3) is 0.417. The molecule has 0 unspecified atom stereocenters. The maximum atomic E-state index is 11.1. The van der Waals surface area contributed by atoms with Gasteiger partial charge in [0, 0.05) is 32.1 Å². The van der Waals surface area contributed by atoms with Gasteiger partial charge in [-0.2, -0.15) is 5.26 Å². The van der Waals surface area contributed by atoms with E-state index in [0.717, 1.165) is 11.4 Å². The van der Waals surface area contributed by atoms with Crippen molar-refractivity contribution in [1.82, 2.24) is 4.98 Å². The van der Waals surface area contributed by atoms with E-state index in [1.54, 1.807) is 6.20 Å². The van der Waals surface area contributed by atoms with E-state index in [0.29, 0.717) is 37.3 Å². The van der Waals surface area contributed by atoms with Crippen molar-refractivity contribution in [3.05, 3.63) is 23.4 Å². The molecular formula is C12H13N3O. The maximum Gasteiger partial charge on any atom is 0.146 e. The van der Waals surface area contributed by atoms with E-state index in [9.17, 15) is 4.79 Å². The van der Waals surface area contributed by atoms with Crippen LogP contribution >= 0.6 is 0 Å². The van der Waals surface area contributed by atoms with E-state index in [4.69, 9.17) is 5.26 Å². The first-order valence-corrected chi connectivity index (χ1v) is 5.34. The van der Waals surface area contributed by atoms with Crippen molar-refractivity contribution < 1.29 is 4.79 Å². The molecule has 0 radical (unpaired) electrons. The van der Waals surface area contributed by atoms with Gasteiger partial charge in [-0.25, -0.2) is 4.98 Å². The Bertz CT molecular complexity index is 452. The normalized spacial score (nSPS) is 16.0. The van der Waals surface area contributed by atoms with Crippen LogP contribution in [0.1, 0.15) is 24.0 Å². The van der Waals surface area contributed by atoms with Crippen LogP contribution in [0.3, 0.4) is 0 Å². The van der Waals surface area contributed by atoms with Crippen LogP contribution in [-0.4, -0.2) is 23.9 Å². The number of pyridine rings is 1. The summed E-state index contributed by atoms with van der Waals surface area (Å²) >= 11 is 0. The van der Waals surface area contributed by atoms with Gasteiger partial charge in [0.15, 0.2) is 0 Å². The van der Waals surface area contributed by atoms with E-state index in [-0.39, 0.29) is 0 Å². The minimum absolute atomic E-state index is 0.294. The van der Waals surface area contributed by atoms with Crippen LogP contribution in [0.5, 0.6) is 0 Å². The maximum absolute atomic E-state index is 11.1. The van der Waals surface area contributed by atoms with Crippen molar-refractivity contribution in [2.45, 2.75) is 19.8 Å². The van der Waals surface area contributed by atoms with Crippen LogP contribution in [0.15, 0.2) is 12.3 Å². The zero-order chi connectivity index (χ0) is 11.5. The van der Waals surface area contributed by atoms with Gasteiger partial charge < -0.3 is 4.90 Å². The molecule has 0 atom stereocenters. The highest BCUT2D eigenvalue weighted by Crippen LogP contribution is 2.22. The molecule has 1 aromatic rings. The van der Waals surface area contributed by atoms with Crippen LogP contribution in [0.4, 0.5) is 5.82 Å². The lowest BCUT2D eigenvalue weighted by Gasteiger charge is -2.27. The van der Waals surface area contributed by atoms with Gasteiger partial charge in [-0.05, 0) is 18.6 Å². The lowest BCUT2D eigenvalue weighted by atomic mass is 10.1. The number of hydrogen-bond donors (Lipinski definition) is 0. The molecule has 2 heterocycles. The van der Waals surface area contributed by atoms with Gasteiger partial charge >= 0.3 is 0 Å². The Morgan fingerprint density at radius 3 is 2.75 bits per heavy atom. The summed E-state index contributed by atoms with van der Waals surface area (Å²) < 4.78 is 0. The number of Topliss-reactive ketones (excluding diaryl/α,β-unsaturated/α-hetero) is 1. The highest BCUT2D eigenvalue weighted by Gasteiger charge is 2.20. The second-order valence-electron chi connectivity index (χ2n) is 3.96. The Hall–Kier alpha value is -1.89. The lowest BCUT2D eigenvalue weighted by Crippen LogP contribution is -2.34. The lowest BCUT2D eigenvalue weighted by molar-refractivity contribution is -0.119. The molecule has 0 aliphatic carbocycles. The molecule has 0 aromatic carbocycles. The van der Waals surface area contributed by atoms with Crippen LogP contribution in [-0.2, 0) is 4.79 Å². The number of aryl methyl sites for hydroxylation is 1. The summed E-state index contributed by atoms with van der Waals surface area (Å²) in [5.41, 5.74) is 1.56. The number of carbonyl (C=O) groups excluding carboxylic acids is 1. The molecule has 1 saturated heterocycles. The summed E-state index contributed by atoms with van der Waals surface area (Å²) in [6, 6.07) is 4.01. The van der Waals surface area contributed by atoms with E-state index < -0.39 is 0 Å². The molecule has 1 aliphatic heterocycles. The summed E-state index contributed by atoms with van der Waals surface area (Å²) in [7, 11) is 0.